The lowest BCUT2D eigenvalue weighted by Gasteiger charge is -2.42. The average molecular weight is 291 g/mol. The van der Waals surface area contributed by atoms with E-state index in [0.29, 0.717) is 25.4 Å². The Morgan fingerprint density at radius 1 is 1.42 bits per heavy atom. The molecule has 112 valence electrons. The molecule has 1 unspecified atom stereocenters. The van der Waals surface area contributed by atoms with E-state index >= 15 is 0 Å². The highest BCUT2D eigenvalue weighted by Crippen LogP contribution is 2.28. The second-order valence-corrected chi connectivity index (χ2v) is 6.52. The number of carbonyl (C=O) groups is 1. The van der Waals surface area contributed by atoms with Crippen molar-refractivity contribution in [2.75, 3.05) is 13.1 Å². The molecule has 0 aromatic carbocycles. The quantitative estimate of drug-likeness (QED) is 0.846. The maximum atomic E-state index is 12.3. The third-order valence-corrected chi connectivity index (χ3v) is 4.08. The molecule has 0 radical (unpaired) electrons. The molecule has 0 spiro atoms. The van der Waals surface area contributed by atoms with Gasteiger partial charge < -0.3 is 15.4 Å². The number of morpholine rings is 1. The van der Waals surface area contributed by atoms with Crippen LogP contribution >= 0.6 is 12.4 Å². The van der Waals surface area contributed by atoms with E-state index in [-0.39, 0.29) is 36.1 Å². The summed E-state index contributed by atoms with van der Waals surface area (Å²) in [7, 11) is 0. The minimum absolute atomic E-state index is 0. The minimum atomic E-state index is -0.231. The Labute approximate surface area is 122 Å². The van der Waals surface area contributed by atoms with Gasteiger partial charge in [0.05, 0.1) is 11.7 Å². The highest BCUT2D eigenvalue weighted by molar-refractivity contribution is 5.85. The van der Waals surface area contributed by atoms with E-state index in [4.69, 9.17) is 10.5 Å². The van der Waals surface area contributed by atoms with Gasteiger partial charge in [-0.15, -0.1) is 12.4 Å². The zero-order valence-corrected chi connectivity index (χ0v) is 13.0. The smallest absolute Gasteiger partial charge is 0.223 e. The summed E-state index contributed by atoms with van der Waals surface area (Å²) in [5, 5.41) is 0. The number of halogens is 1. The predicted octanol–water partition coefficient (Wildman–Crippen LogP) is 1.95. The van der Waals surface area contributed by atoms with Crippen molar-refractivity contribution in [2.45, 2.75) is 64.2 Å². The first-order valence-electron chi connectivity index (χ1n) is 7.08. The first-order valence-corrected chi connectivity index (χ1v) is 7.08. The van der Waals surface area contributed by atoms with Gasteiger partial charge in [0.25, 0.3) is 0 Å². The van der Waals surface area contributed by atoms with Crippen molar-refractivity contribution in [3.8, 4) is 0 Å². The lowest BCUT2D eigenvalue weighted by atomic mass is 9.98. The summed E-state index contributed by atoms with van der Waals surface area (Å²) in [4.78, 5) is 14.3. The van der Waals surface area contributed by atoms with Crippen LogP contribution < -0.4 is 5.73 Å². The number of carbonyl (C=O) groups excluding carboxylic acids is 1. The topological polar surface area (TPSA) is 55.6 Å². The molecule has 2 rings (SSSR count). The van der Waals surface area contributed by atoms with E-state index in [9.17, 15) is 4.79 Å². The fraction of sp³-hybridized carbons (Fsp3) is 0.929. The first-order chi connectivity index (χ1) is 8.37. The van der Waals surface area contributed by atoms with E-state index < -0.39 is 0 Å². The van der Waals surface area contributed by atoms with Crippen LogP contribution in [0.3, 0.4) is 0 Å². The highest BCUT2D eigenvalue weighted by atomic mass is 35.5. The third-order valence-electron chi connectivity index (χ3n) is 4.08. The van der Waals surface area contributed by atoms with Crippen molar-refractivity contribution in [1.29, 1.82) is 0 Å². The molecule has 0 aromatic rings. The monoisotopic (exact) mass is 290 g/mol. The predicted molar refractivity (Wildman–Crippen MR) is 78.4 cm³/mol. The van der Waals surface area contributed by atoms with Crippen molar-refractivity contribution in [1.82, 2.24) is 4.90 Å². The van der Waals surface area contributed by atoms with Gasteiger partial charge in [0.15, 0.2) is 0 Å². The van der Waals surface area contributed by atoms with Crippen molar-refractivity contribution < 1.29 is 9.53 Å². The van der Waals surface area contributed by atoms with Crippen LogP contribution in [0.2, 0.25) is 0 Å². The second-order valence-electron chi connectivity index (χ2n) is 6.52. The molecule has 3 atom stereocenters. The van der Waals surface area contributed by atoms with Crippen LogP contribution in [0.5, 0.6) is 0 Å². The molecule has 2 aliphatic rings. The Bertz CT molecular complexity index is 323. The Hall–Kier alpha value is -0.320. The maximum Gasteiger partial charge on any atom is 0.223 e. The van der Waals surface area contributed by atoms with Gasteiger partial charge in [0.2, 0.25) is 5.91 Å². The van der Waals surface area contributed by atoms with E-state index in [1.165, 1.54) is 6.42 Å². The fourth-order valence-corrected chi connectivity index (χ4v) is 3.32. The van der Waals surface area contributed by atoms with Gasteiger partial charge in [-0.25, -0.2) is 0 Å². The molecule has 1 saturated carbocycles. The number of ether oxygens (including phenoxy) is 1. The van der Waals surface area contributed by atoms with E-state index in [1.807, 2.05) is 25.7 Å². The van der Waals surface area contributed by atoms with E-state index in [0.717, 1.165) is 12.8 Å². The molecule has 5 heteroatoms. The van der Waals surface area contributed by atoms with Crippen LogP contribution in [-0.2, 0) is 9.53 Å². The Kier molecular flexibility index (Phi) is 5.65. The van der Waals surface area contributed by atoms with Crippen LogP contribution in [-0.4, -0.2) is 41.6 Å². The summed E-state index contributed by atoms with van der Waals surface area (Å²) in [6.45, 7) is 7.53. The Morgan fingerprint density at radius 3 is 2.63 bits per heavy atom. The van der Waals surface area contributed by atoms with Crippen LogP contribution in [0.1, 0.15) is 46.5 Å². The van der Waals surface area contributed by atoms with Crippen molar-refractivity contribution in [3.63, 3.8) is 0 Å². The molecular weight excluding hydrogens is 264 g/mol. The number of rotatable bonds is 2. The summed E-state index contributed by atoms with van der Waals surface area (Å²) in [6.07, 6.45) is 4.09. The lowest BCUT2D eigenvalue weighted by Crippen LogP contribution is -2.54. The summed E-state index contributed by atoms with van der Waals surface area (Å²) in [5.74, 6) is 0.638. The molecule has 0 aromatic heterocycles. The number of nitrogens with two attached hydrogens (primary N) is 1. The number of amides is 1. The van der Waals surface area contributed by atoms with E-state index in [2.05, 4.69) is 0 Å². The van der Waals surface area contributed by atoms with Crippen molar-refractivity contribution in [3.05, 3.63) is 0 Å². The normalized spacial score (nSPS) is 33.9. The van der Waals surface area contributed by atoms with Crippen LogP contribution in [0.25, 0.3) is 0 Å². The van der Waals surface area contributed by atoms with Crippen LogP contribution in [0.15, 0.2) is 0 Å². The van der Waals surface area contributed by atoms with Gasteiger partial charge in [0.1, 0.15) is 0 Å². The summed E-state index contributed by atoms with van der Waals surface area (Å²) in [6, 6.07) is 0.223. The van der Waals surface area contributed by atoms with Gasteiger partial charge in [-0.1, -0.05) is 6.42 Å². The number of nitrogens with zero attached hydrogens (tertiary/aromatic N) is 1. The van der Waals surface area contributed by atoms with Crippen LogP contribution in [0, 0.1) is 5.92 Å². The van der Waals surface area contributed by atoms with Gasteiger partial charge >= 0.3 is 0 Å². The zero-order chi connectivity index (χ0) is 13.3. The molecule has 1 aliphatic carbocycles. The molecule has 1 saturated heterocycles. The molecule has 4 nitrogen and oxygen atoms in total. The van der Waals surface area contributed by atoms with Crippen molar-refractivity contribution in [2.24, 2.45) is 11.7 Å². The second kappa shape index (κ2) is 6.42. The Morgan fingerprint density at radius 2 is 2.11 bits per heavy atom. The maximum absolute atomic E-state index is 12.3. The number of hydrogen-bond donors (Lipinski definition) is 1. The average Bonchev–Trinajstić information content (AvgIpc) is 2.61. The molecule has 1 aliphatic heterocycles. The first kappa shape index (κ1) is 16.7. The standard InChI is InChI=1S/C14H26N2O2.ClH/c1-10-8-16(9-14(2,3)18-10)13(17)7-11-5-4-6-12(11)15;/h10-12H,4-9,15H2,1-3H3;1H/t10?,11-,12+;/m0./s1. The fourth-order valence-electron chi connectivity index (χ4n) is 3.32. The molecule has 1 amide bonds. The highest BCUT2D eigenvalue weighted by Gasteiger charge is 2.35. The van der Waals surface area contributed by atoms with Gasteiger partial charge in [-0.3, -0.25) is 4.79 Å². The van der Waals surface area contributed by atoms with Crippen molar-refractivity contribution >= 4 is 18.3 Å². The van der Waals surface area contributed by atoms with E-state index in [1.54, 1.807) is 0 Å². The summed E-state index contributed by atoms with van der Waals surface area (Å²) < 4.78 is 5.83. The molecule has 2 N–H and O–H groups in total. The SMILES string of the molecule is CC1CN(C(=O)C[C@@H]2CCC[C@H]2N)CC(C)(C)O1.Cl. The lowest BCUT2D eigenvalue weighted by molar-refractivity contribution is -0.158. The van der Waals surface area contributed by atoms with Gasteiger partial charge in [0, 0.05) is 25.6 Å². The summed E-state index contributed by atoms with van der Waals surface area (Å²) >= 11 is 0. The molecule has 0 bridgehead atoms. The van der Waals surface area contributed by atoms with Gasteiger partial charge in [-0.05, 0) is 39.5 Å². The Balaban J connectivity index is 0.00000180. The largest absolute Gasteiger partial charge is 0.369 e. The van der Waals surface area contributed by atoms with Crippen LogP contribution in [0.4, 0.5) is 0 Å². The summed E-state index contributed by atoms with van der Waals surface area (Å²) in [5.41, 5.74) is 5.81. The molecule has 2 fully saturated rings. The molecule has 1 heterocycles. The number of hydrogen-bond acceptors (Lipinski definition) is 3. The minimum Gasteiger partial charge on any atom is -0.369 e. The molecular formula is C14H27ClN2O2. The zero-order valence-electron chi connectivity index (χ0n) is 12.2. The molecule has 19 heavy (non-hydrogen) atoms. The third kappa shape index (κ3) is 4.33. The van der Waals surface area contributed by atoms with Gasteiger partial charge in [-0.2, -0.15) is 0 Å².